The van der Waals surface area contributed by atoms with Gasteiger partial charge in [0.15, 0.2) is 5.43 Å². The minimum Gasteiger partial charge on any atom is -0.364 e. The van der Waals surface area contributed by atoms with Crippen LogP contribution in [0.15, 0.2) is 47.4 Å². The Kier molecular flexibility index (Phi) is 4.50. The van der Waals surface area contributed by atoms with Crippen LogP contribution < -0.4 is 16.3 Å². The number of aromatic nitrogens is 1. The van der Waals surface area contributed by atoms with Crippen molar-refractivity contribution in [2.45, 2.75) is 13.3 Å². The molecule has 6 nitrogen and oxygen atoms in total. The van der Waals surface area contributed by atoms with Crippen molar-refractivity contribution in [3.63, 3.8) is 0 Å². The summed E-state index contributed by atoms with van der Waals surface area (Å²) in [5.74, 6) is -1.02. The van der Waals surface area contributed by atoms with E-state index in [1.807, 2.05) is 30.3 Å². The third-order valence-corrected chi connectivity index (χ3v) is 2.82. The standard InChI is InChI=1S/C15H15N3O3/c1-10-7-13(19)12(9-16-10)15(21)18-17-14(20)8-11-5-3-2-4-6-11/h2-7,9H,8H2,1H3,(H,16,19)(H,17,20)(H,18,21). The van der Waals surface area contributed by atoms with E-state index in [0.29, 0.717) is 5.69 Å². The highest BCUT2D eigenvalue weighted by atomic mass is 16.2. The van der Waals surface area contributed by atoms with Crippen LogP contribution in [0, 0.1) is 6.92 Å². The molecule has 1 aromatic carbocycles. The molecule has 21 heavy (non-hydrogen) atoms. The number of hydrogen-bond acceptors (Lipinski definition) is 3. The SMILES string of the molecule is Cc1cc(=O)c(C(=O)NNC(=O)Cc2ccccc2)c[nH]1. The molecule has 0 aliphatic rings. The molecule has 108 valence electrons. The summed E-state index contributed by atoms with van der Waals surface area (Å²) in [7, 11) is 0. The maximum atomic E-state index is 11.8. The van der Waals surface area contributed by atoms with Gasteiger partial charge in [0, 0.05) is 18.0 Å². The third-order valence-electron chi connectivity index (χ3n) is 2.82. The molecule has 1 aromatic heterocycles. The number of pyridine rings is 1. The zero-order valence-corrected chi connectivity index (χ0v) is 11.5. The average molecular weight is 285 g/mol. The molecule has 0 spiro atoms. The molecule has 0 bridgehead atoms. The quantitative estimate of drug-likeness (QED) is 0.724. The van der Waals surface area contributed by atoms with Gasteiger partial charge in [-0.25, -0.2) is 0 Å². The van der Waals surface area contributed by atoms with Crippen LogP contribution in [0.25, 0.3) is 0 Å². The first-order valence-electron chi connectivity index (χ1n) is 6.38. The van der Waals surface area contributed by atoms with E-state index in [-0.39, 0.29) is 17.9 Å². The van der Waals surface area contributed by atoms with Crippen LogP contribution in [0.4, 0.5) is 0 Å². The number of nitrogens with one attached hydrogen (secondary N) is 3. The summed E-state index contributed by atoms with van der Waals surface area (Å²) < 4.78 is 0. The normalized spacial score (nSPS) is 9.95. The average Bonchev–Trinajstić information content (AvgIpc) is 2.46. The molecular weight excluding hydrogens is 270 g/mol. The Hall–Kier alpha value is -2.89. The first kappa shape index (κ1) is 14.5. The van der Waals surface area contributed by atoms with Crippen LogP contribution >= 0.6 is 0 Å². The summed E-state index contributed by atoms with van der Waals surface area (Å²) in [6.45, 7) is 1.71. The second kappa shape index (κ2) is 6.51. The van der Waals surface area contributed by atoms with Crippen molar-refractivity contribution >= 4 is 11.8 Å². The van der Waals surface area contributed by atoms with Gasteiger partial charge in [0.25, 0.3) is 5.91 Å². The molecule has 2 rings (SSSR count). The lowest BCUT2D eigenvalue weighted by Gasteiger charge is -2.07. The van der Waals surface area contributed by atoms with Crippen LogP contribution in [0.5, 0.6) is 0 Å². The van der Waals surface area contributed by atoms with Gasteiger partial charge in [0.1, 0.15) is 5.56 Å². The molecule has 0 radical (unpaired) electrons. The first-order chi connectivity index (χ1) is 10.1. The van der Waals surface area contributed by atoms with Gasteiger partial charge in [-0.1, -0.05) is 30.3 Å². The Morgan fingerprint density at radius 3 is 2.52 bits per heavy atom. The van der Waals surface area contributed by atoms with Crippen molar-refractivity contribution in [3.8, 4) is 0 Å². The molecule has 0 aliphatic carbocycles. The fraction of sp³-hybridized carbons (Fsp3) is 0.133. The highest BCUT2D eigenvalue weighted by Gasteiger charge is 2.11. The number of amides is 2. The molecule has 0 fully saturated rings. The van der Waals surface area contributed by atoms with E-state index in [4.69, 9.17) is 0 Å². The number of H-pyrrole nitrogens is 1. The van der Waals surface area contributed by atoms with Crippen molar-refractivity contribution in [2.75, 3.05) is 0 Å². The maximum Gasteiger partial charge on any atom is 0.275 e. The Morgan fingerprint density at radius 2 is 1.86 bits per heavy atom. The number of benzene rings is 1. The second-order valence-corrected chi connectivity index (χ2v) is 4.56. The summed E-state index contributed by atoms with van der Waals surface area (Å²) in [6.07, 6.45) is 1.46. The Labute approximate surface area is 121 Å². The zero-order chi connectivity index (χ0) is 15.2. The first-order valence-corrected chi connectivity index (χ1v) is 6.38. The molecular formula is C15H15N3O3. The molecule has 6 heteroatoms. The maximum absolute atomic E-state index is 11.8. The third kappa shape index (κ3) is 4.04. The lowest BCUT2D eigenvalue weighted by Crippen LogP contribution is -2.43. The molecule has 0 atom stereocenters. The van der Waals surface area contributed by atoms with Crippen LogP contribution in [-0.2, 0) is 11.2 Å². The van der Waals surface area contributed by atoms with Gasteiger partial charge in [0.2, 0.25) is 5.91 Å². The second-order valence-electron chi connectivity index (χ2n) is 4.56. The number of rotatable bonds is 3. The number of carbonyl (C=O) groups excluding carboxylic acids is 2. The van der Waals surface area contributed by atoms with Crippen molar-refractivity contribution < 1.29 is 9.59 Å². The number of carbonyl (C=O) groups is 2. The molecule has 1 heterocycles. The van der Waals surface area contributed by atoms with Crippen LogP contribution in [0.2, 0.25) is 0 Å². The largest absolute Gasteiger partial charge is 0.364 e. The number of aromatic amines is 1. The van der Waals surface area contributed by atoms with Gasteiger partial charge in [-0.15, -0.1) is 0 Å². The van der Waals surface area contributed by atoms with Crippen molar-refractivity contribution in [1.82, 2.24) is 15.8 Å². The Balaban J connectivity index is 1.92. The topological polar surface area (TPSA) is 91.1 Å². The molecule has 0 saturated heterocycles. The molecule has 0 saturated carbocycles. The molecule has 2 amide bonds. The van der Waals surface area contributed by atoms with Crippen molar-refractivity contribution in [2.24, 2.45) is 0 Å². The van der Waals surface area contributed by atoms with E-state index in [1.54, 1.807) is 6.92 Å². The van der Waals surface area contributed by atoms with Crippen LogP contribution in [0.1, 0.15) is 21.6 Å². The summed E-state index contributed by atoms with van der Waals surface area (Å²) in [5.41, 5.74) is 5.53. The van der Waals surface area contributed by atoms with E-state index in [0.717, 1.165) is 5.56 Å². The van der Waals surface area contributed by atoms with E-state index in [9.17, 15) is 14.4 Å². The lowest BCUT2D eigenvalue weighted by atomic mass is 10.1. The number of hydrazine groups is 1. The van der Waals surface area contributed by atoms with Crippen molar-refractivity contribution in [1.29, 1.82) is 0 Å². The fourth-order valence-corrected chi connectivity index (χ4v) is 1.77. The van der Waals surface area contributed by atoms with E-state index in [1.165, 1.54) is 12.3 Å². The molecule has 0 unspecified atom stereocenters. The minimum absolute atomic E-state index is 0.0550. The lowest BCUT2D eigenvalue weighted by molar-refractivity contribution is -0.121. The predicted octanol–water partition coefficient (Wildman–Crippen LogP) is 0.687. The van der Waals surface area contributed by atoms with Gasteiger partial charge in [0.05, 0.1) is 6.42 Å². The molecule has 3 N–H and O–H groups in total. The Bertz CT molecular complexity index is 708. The van der Waals surface area contributed by atoms with Crippen molar-refractivity contribution in [3.05, 3.63) is 69.6 Å². The monoisotopic (exact) mass is 285 g/mol. The van der Waals surface area contributed by atoms with Gasteiger partial charge in [-0.2, -0.15) is 0 Å². The van der Waals surface area contributed by atoms with Gasteiger partial charge in [-0.05, 0) is 12.5 Å². The van der Waals surface area contributed by atoms with Gasteiger partial charge >= 0.3 is 0 Å². The van der Waals surface area contributed by atoms with Crippen LogP contribution in [0.3, 0.4) is 0 Å². The molecule has 2 aromatic rings. The highest BCUT2D eigenvalue weighted by molar-refractivity contribution is 5.95. The molecule has 0 aliphatic heterocycles. The van der Waals surface area contributed by atoms with E-state index in [2.05, 4.69) is 15.8 Å². The summed E-state index contributed by atoms with van der Waals surface area (Å²) >= 11 is 0. The Morgan fingerprint density at radius 1 is 1.14 bits per heavy atom. The predicted molar refractivity (Wildman–Crippen MR) is 77.6 cm³/mol. The van der Waals surface area contributed by atoms with E-state index >= 15 is 0 Å². The fourth-order valence-electron chi connectivity index (χ4n) is 1.77. The zero-order valence-electron chi connectivity index (χ0n) is 11.5. The summed E-state index contributed by atoms with van der Waals surface area (Å²) in [4.78, 5) is 37.9. The summed E-state index contributed by atoms with van der Waals surface area (Å²) in [6, 6.07) is 10.5. The smallest absolute Gasteiger partial charge is 0.275 e. The van der Waals surface area contributed by atoms with Gasteiger partial charge in [-0.3, -0.25) is 25.2 Å². The van der Waals surface area contributed by atoms with Gasteiger partial charge < -0.3 is 4.98 Å². The van der Waals surface area contributed by atoms with Crippen LogP contribution in [-0.4, -0.2) is 16.8 Å². The van der Waals surface area contributed by atoms with E-state index < -0.39 is 11.3 Å². The highest BCUT2D eigenvalue weighted by Crippen LogP contribution is 1.98. The summed E-state index contributed by atoms with van der Waals surface area (Å²) in [5, 5.41) is 0. The minimum atomic E-state index is -0.655. The number of hydrogen-bond donors (Lipinski definition) is 3. The number of aryl methyl sites for hydroxylation is 1.